The van der Waals surface area contributed by atoms with Crippen LogP contribution in [0.2, 0.25) is 0 Å². The lowest BCUT2D eigenvalue weighted by Gasteiger charge is -2.37. The molecule has 1 fully saturated rings. The minimum Gasteiger partial charge on any atom is -0.466 e. The Kier molecular flexibility index (Phi) is 7.24. The molecule has 1 aromatic rings. The van der Waals surface area contributed by atoms with Gasteiger partial charge in [-0.15, -0.1) is 0 Å². The molecule has 3 heterocycles. The summed E-state index contributed by atoms with van der Waals surface area (Å²) < 4.78 is 10.8. The van der Waals surface area contributed by atoms with Crippen molar-refractivity contribution in [1.82, 2.24) is 10.2 Å². The van der Waals surface area contributed by atoms with Crippen molar-refractivity contribution in [3.8, 4) is 0 Å². The number of methoxy groups -OCH3 is 1. The quantitative estimate of drug-likeness (QED) is 0.605. The van der Waals surface area contributed by atoms with E-state index >= 15 is 0 Å². The topological polar surface area (TPSA) is 80.2 Å². The van der Waals surface area contributed by atoms with Gasteiger partial charge in [-0.2, -0.15) is 0 Å². The van der Waals surface area contributed by atoms with E-state index in [-0.39, 0.29) is 24.4 Å². The molecule has 1 amide bonds. The number of fused-ring (bicyclic) bond motifs is 1. The predicted molar refractivity (Wildman–Crippen MR) is 130 cm³/mol. The summed E-state index contributed by atoms with van der Waals surface area (Å²) in [6.07, 6.45) is 2.92. The highest BCUT2D eigenvalue weighted by Gasteiger charge is 2.42. The Labute approximate surface area is 199 Å². The maximum Gasteiger partial charge on any atom is 0.338 e. The van der Waals surface area contributed by atoms with E-state index in [0.29, 0.717) is 18.5 Å². The summed E-state index contributed by atoms with van der Waals surface area (Å²) in [4.78, 5) is 32.6. The van der Waals surface area contributed by atoms with Crippen LogP contribution in [0.25, 0.3) is 0 Å². The minimum absolute atomic E-state index is 0.0665. The Morgan fingerprint density at radius 1 is 1.33 bits per heavy atom. The van der Waals surface area contributed by atoms with Gasteiger partial charge in [0, 0.05) is 18.8 Å². The Morgan fingerprint density at radius 3 is 2.85 bits per heavy atom. The third-order valence-corrected chi connectivity index (χ3v) is 7.14. The number of thioether (sulfide) groups is 1. The molecule has 0 radical (unpaired) electrons. The average Bonchev–Trinajstić information content (AvgIpc) is 3.47. The molecule has 1 aromatic carbocycles. The van der Waals surface area contributed by atoms with Crippen molar-refractivity contribution < 1.29 is 19.1 Å². The van der Waals surface area contributed by atoms with Crippen molar-refractivity contribution in [1.29, 1.82) is 0 Å². The van der Waals surface area contributed by atoms with Gasteiger partial charge in [-0.3, -0.25) is 4.79 Å². The zero-order chi connectivity index (χ0) is 23.5. The number of hydrogen-bond acceptors (Lipinski definition) is 7. The molecule has 0 spiro atoms. The summed E-state index contributed by atoms with van der Waals surface area (Å²) in [5, 5.41) is 5.76. The van der Waals surface area contributed by atoms with Crippen molar-refractivity contribution in [3.05, 3.63) is 57.3 Å². The molecule has 0 aromatic heterocycles. The van der Waals surface area contributed by atoms with E-state index in [1.165, 1.54) is 18.9 Å². The minimum atomic E-state index is -0.396. The first-order valence-electron chi connectivity index (χ1n) is 11.4. The molecule has 33 heavy (non-hydrogen) atoms. The molecule has 3 aliphatic rings. The number of esters is 1. The van der Waals surface area contributed by atoms with Crippen molar-refractivity contribution >= 4 is 28.8 Å². The predicted octanol–water partition coefficient (Wildman–Crippen LogP) is 4.13. The third-order valence-electron chi connectivity index (χ3n) is 6.25. The van der Waals surface area contributed by atoms with Crippen molar-refractivity contribution in [2.24, 2.45) is 4.99 Å². The van der Waals surface area contributed by atoms with Crippen LogP contribution in [0.1, 0.15) is 55.3 Å². The van der Waals surface area contributed by atoms with Gasteiger partial charge in [0.2, 0.25) is 5.91 Å². The lowest BCUT2D eigenvalue weighted by atomic mass is 9.89. The number of carbonyl (C=O) groups is 2. The van der Waals surface area contributed by atoms with E-state index in [0.717, 1.165) is 52.7 Å². The fourth-order valence-corrected chi connectivity index (χ4v) is 5.46. The lowest BCUT2D eigenvalue weighted by molar-refractivity contribution is -0.136. The van der Waals surface area contributed by atoms with Gasteiger partial charge in [0.25, 0.3) is 0 Å². The van der Waals surface area contributed by atoms with E-state index in [2.05, 4.69) is 23.5 Å². The summed E-state index contributed by atoms with van der Waals surface area (Å²) in [6.45, 7) is 7.35. The number of nitrogens with one attached hydrogen (secondary N) is 1. The van der Waals surface area contributed by atoms with Crippen LogP contribution in [0.5, 0.6) is 0 Å². The molecule has 0 saturated carbocycles. The fraction of sp³-hybridized carbons (Fsp3) is 0.480. The van der Waals surface area contributed by atoms with Crippen LogP contribution in [0.15, 0.2) is 45.6 Å². The molecular weight excluding hydrogens is 438 g/mol. The molecule has 176 valence electrons. The first kappa shape index (κ1) is 23.6. The van der Waals surface area contributed by atoms with Crippen LogP contribution in [-0.4, -0.2) is 48.3 Å². The number of ether oxygens (including phenoxy) is 2. The second-order valence-electron chi connectivity index (χ2n) is 8.58. The molecule has 0 bridgehead atoms. The number of rotatable bonds is 7. The number of hydrogen-bond donors (Lipinski definition) is 1. The van der Waals surface area contributed by atoms with E-state index in [1.807, 2.05) is 31.1 Å². The fourth-order valence-electron chi connectivity index (χ4n) is 4.52. The Morgan fingerprint density at radius 2 is 2.15 bits per heavy atom. The van der Waals surface area contributed by atoms with Crippen LogP contribution >= 0.6 is 11.8 Å². The van der Waals surface area contributed by atoms with Crippen molar-refractivity contribution in [2.45, 2.75) is 58.6 Å². The zero-order valence-electron chi connectivity index (χ0n) is 19.6. The van der Waals surface area contributed by atoms with Gasteiger partial charge >= 0.3 is 5.97 Å². The van der Waals surface area contributed by atoms with Crippen molar-refractivity contribution in [3.63, 3.8) is 0 Å². The summed E-state index contributed by atoms with van der Waals surface area (Å²) >= 11 is 1.49. The normalized spacial score (nSPS) is 22.1. The summed E-state index contributed by atoms with van der Waals surface area (Å²) in [7, 11) is 1.40. The van der Waals surface area contributed by atoms with Crippen molar-refractivity contribution in [2.75, 3.05) is 20.3 Å². The maximum absolute atomic E-state index is 13.0. The number of aliphatic imine (C=N–C) groups is 1. The molecule has 8 heteroatoms. The summed E-state index contributed by atoms with van der Waals surface area (Å²) in [6, 6.07) is 5.84. The number of amidine groups is 1. The van der Waals surface area contributed by atoms with Crippen LogP contribution in [0, 0.1) is 13.8 Å². The Bertz CT molecular complexity index is 1040. The van der Waals surface area contributed by atoms with E-state index in [1.54, 1.807) is 0 Å². The molecule has 0 unspecified atom stereocenters. The van der Waals surface area contributed by atoms with E-state index in [4.69, 9.17) is 14.5 Å². The highest BCUT2D eigenvalue weighted by Crippen LogP contribution is 2.46. The molecular formula is C25H31N3O4S. The van der Waals surface area contributed by atoms with Crippen LogP contribution in [0.4, 0.5) is 0 Å². The molecule has 0 aliphatic carbocycles. The molecule has 1 saturated heterocycles. The molecule has 4 rings (SSSR count). The Hall–Kier alpha value is -2.58. The van der Waals surface area contributed by atoms with Gasteiger partial charge in [-0.1, -0.05) is 42.4 Å². The third kappa shape index (κ3) is 4.87. The molecule has 1 N–H and O–H groups in total. The zero-order valence-corrected chi connectivity index (χ0v) is 20.5. The lowest BCUT2D eigenvalue weighted by Crippen LogP contribution is -2.39. The standard InChI is InChI=1S/C25H31N3O4S/c1-5-20-22(24(30)31-4)23(19-11-15(2)8-9-16(19)3)28-17(14-33-25(28)27-20)12-21(29)26-13-18-7-6-10-32-18/h8-9,11,14,18,23H,5-7,10,12-13H2,1-4H3,(H,26,29)/t18-,23-/m0/s1. The number of amides is 1. The number of benzene rings is 1. The number of allylic oxidation sites excluding steroid dienone is 1. The number of nitrogens with zero attached hydrogens (tertiary/aromatic N) is 2. The van der Waals surface area contributed by atoms with Gasteiger partial charge < -0.3 is 19.7 Å². The van der Waals surface area contributed by atoms with E-state index < -0.39 is 6.04 Å². The Balaban J connectivity index is 1.66. The smallest absolute Gasteiger partial charge is 0.338 e. The van der Waals surface area contributed by atoms with Crippen LogP contribution in [-0.2, 0) is 19.1 Å². The molecule has 3 aliphatic heterocycles. The van der Waals surface area contributed by atoms with Gasteiger partial charge in [-0.05, 0) is 49.6 Å². The van der Waals surface area contributed by atoms with Gasteiger partial charge in [0.1, 0.15) is 0 Å². The molecule has 2 atom stereocenters. The van der Waals surface area contributed by atoms with Crippen LogP contribution < -0.4 is 5.32 Å². The first-order chi connectivity index (χ1) is 15.9. The second kappa shape index (κ2) is 10.1. The highest BCUT2D eigenvalue weighted by atomic mass is 32.2. The maximum atomic E-state index is 13.0. The number of carbonyl (C=O) groups excluding carboxylic acids is 2. The number of aryl methyl sites for hydroxylation is 2. The van der Waals surface area contributed by atoms with Gasteiger partial charge in [-0.25, -0.2) is 9.79 Å². The summed E-state index contributed by atoms with van der Waals surface area (Å²) in [5.41, 5.74) is 5.28. The average molecular weight is 470 g/mol. The van der Waals surface area contributed by atoms with E-state index in [9.17, 15) is 9.59 Å². The second-order valence-corrected chi connectivity index (χ2v) is 9.41. The van der Waals surface area contributed by atoms with Gasteiger partial charge in [0.05, 0.1) is 36.9 Å². The van der Waals surface area contributed by atoms with Gasteiger partial charge in [0.15, 0.2) is 5.17 Å². The monoisotopic (exact) mass is 469 g/mol. The largest absolute Gasteiger partial charge is 0.466 e. The first-order valence-corrected chi connectivity index (χ1v) is 12.3. The SMILES string of the molecule is CCC1=C(C(=O)OC)[C@H](c2cc(C)ccc2C)N2C(CC(=O)NC[C@@H]3CCCO3)=CSC2=N1. The van der Waals surface area contributed by atoms with Crippen LogP contribution in [0.3, 0.4) is 0 Å². The highest BCUT2D eigenvalue weighted by molar-refractivity contribution is 8.16. The molecule has 7 nitrogen and oxygen atoms in total. The summed E-state index contributed by atoms with van der Waals surface area (Å²) in [5.74, 6) is -0.456.